The molecule has 1 heterocycles. The number of halogens is 3. The fourth-order valence-corrected chi connectivity index (χ4v) is 1.96. The number of anilines is 2. The van der Waals surface area contributed by atoms with Gasteiger partial charge in [0.1, 0.15) is 11.5 Å². The molecule has 2 rings (SSSR count). The van der Waals surface area contributed by atoms with E-state index in [0.29, 0.717) is 6.54 Å². The predicted molar refractivity (Wildman–Crippen MR) is 84.0 cm³/mol. The molecule has 128 valence electrons. The van der Waals surface area contributed by atoms with Gasteiger partial charge in [0.2, 0.25) is 0 Å². The van der Waals surface area contributed by atoms with Crippen molar-refractivity contribution in [3.05, 3.63) is 47.9 Å². The van der Waals surface area contributed by atoms with Gasteiger partial charge in [0.15, 0.2) is 0 Å². The maximum Gasteiger partial charge on any atom is 0.418 e. The third-order valence-corrected chi connectivity index (χ3v) is 3.20. The number of aromatic nitrogens is 2. The zero-order valence-corrected chi connectivity index (χ0v) is 13.0. The summed E-state index contributed by atoms with van der Waals surface area (Å²) in [6, 6.07) is 5.07. The maximum absolute atomic E-state index is 12.9. The molecule has 2 aromatic rings. The van der Waals surface area contributed by atoms with Gasteiger partial charge in [0.25, 0.3) is 5.91 Å². The summed E-state index contributed by atoms with van der Waals surface area (Å²) in [5.41, 5.74) is -0.812. The van der Waals surface area contributed by atoms with Crippen LogP contribution in [0.15, 0.2) is 36.7 Å². The monoisotopic (exact) mass is 338 g/mol. The molecule has 0 fully saturated rings. The van der Waals surface area contributed by atoms with Crippen LogP contribution in [0.4, 0.5) is 24.7 Å². The third kappa shape index (κ3) is 4.68. The molecular formula is C16H17F3N4O. The number of para-hydroxylation sites is 1. The van der Waals surface area contributed by atoms with Crippen molar-refractivity contribution in [1.82, 2.24) is 15.3 Å². The van der Waals surface area contributed by atoms with Crippen LogP contribution in [0, 0.1) is 0 Å². The predicted octanol–water partition coefficient (Wildman–Crippen LogP) is 3.77. The number of unbranched alkanes of at least 4 members (excludes halogenated alkanes) is 1. The van der Waals surface area contributed by atoms with E-state index in [1.165, 1.54) is 30.6 Å². The minimum atomic E-state index is -4.48. The van der Waals surface area contributed by atoms with Crippen LogP contribution in [0.3, 0.4) is 0 Å². The molecule has 0 radical (unpaired) electrons. The summed E-state index contributed by atoms with van der Waals surface area (Å²) in [5, 5.41) is 5.26. The number of benzene rings is 1. The minimum absolute atomic E-state index is 0.112. The van der Waals surface area contributed by atoms with Crippen molar-refractivity contribution in [3.8, 4) is 0 Å². The smallest absolute Gasteiger partial charge is 0.351 e. The summed E-state index contributed by atoms with van der Waals surface area (Å²) < 4.78 is 38.8. The average Bonchev–Trinajstić information content (AvgIpc) is 2.55. The summed E-state index contributed by atoms with van der Waals surface area (Å²) in [5.74, 6) is -0.241. The molecule has 0 aliphatic heterocycles. The second-order valence-corrected chi connectivity index (χ2v) is 5.06. The minimum Gasteiger partial charge on any atom is -0.351 e. The average molecular weight is 338 g/mol. The quantitative estimate of drug-likeness (QED) is 0.787. The Bertz CT molecular complexity index is 686. The standard InChI is InChI=1S/C16H17F3N4O/c1-2-3-8-20-15(24)13-9-22-14(10-21-13)23-12-7-5-4-6-11(12)16(17,18)19/h4-7,9-10H,2-3,8H2,1H3,(H,20,24)(H,22,23). The van der Waals surface area contributed by atoms with Gasteiger partial charge >= 0.3 is 6.18 Å². The summed E-state index contributed by atoms with van der Waals surface area (Å²) in [4.78, 5) is 19.7. The van der Waals surface area contributed by atoms with Gasteiger partial charge in [0.05, 0.1) is 23.6 Å². The lowest BCUT2D eigenvalue weighted by molar-refractivity contribution is -0.136. The Morgan fingerprint density at radius 1 is 1.17 bits per heavy atom. The van der Waals surface area contributed by atoms with E-state index in [0.717, 1.165) is 18.9 Å². The van der Waals surface area contributed by atoms with Crippen molar-refractivity contribution in [2.75, 3.05) is 11.9 Å². The second kappa shape index (κ2) is 7.76. The van der Waals surface area contributed by atoms with Gasteiger partial charge in [-0.25, -0.2) is 9.97 Å². The lowest BCUT2D eigenvalue weighted by atomic mass is 10.1. The SMILES string of the molecule is CCCCNC(=O)c1cnc(Nc2ccccc2C(F)(F)F)cn1. The van der Waals surface area contributed by atoms with Gasteiger partial charge in [-0.15, -0.1) is 0 Å². The fraction of sp³-hybridized carbons (Fsp3) is 0.312. The Kier molecular flexibility index (Phi) is 5.73. The lowest BCUT2D eigenvalue weighted by Gasteiger charge is -2.13. The highest BCUT2D eigenvalue weighted by atomic mass is 19.4. The van der Waals surface area contributed by atoms with Crippen LogP contribution >= 0.6 is 0 Å². The van der Waals surface area contributed by atoms with Gasteiger partial charge in [-0.1, -0.05) is 25.5 Å². The van der Waals surface area contributed by atoms with E-state index in [9.17, 15) is 18.0 Å². The molecule has 0 spiro atoms. The molecule has 1 aromatic heterocycles. The van der Waals surface area contributed by atoms with E-state index < -0.39 is 11.7 Å². The van der Waals surface area contributed by atoms with Crippen molar-refractivity contribution in [3.63, 3.8) is 0 Å². The van der Waals surface area contributed by atoms with Crippen LogP contribution in [0.2, 0.25) is 0 Å². The Morgan fingerprint density at radius 2 is 1.92 bits per heavy atom. The van der Waals surface area contributed by atoms with Gasteiger partial charge < -0.3 is 10.6 Å². The van der Waals surface area contributed by atoms with E-state index in [-0.39, 0.29) is 23.1 Å². The van der Waals surface area contributed by atoms with Crippen LogP contribution in [0.1, 0.15) is 35.8 Å². The number of hydrogen-bond donors (Lipinski definition) is 2. The number of hydrogen-bond acceptors (Lipinski definition) is 4. The normalized spacial score (nSPS) is 11.2. The molecule has 1 aromatic carbocycles. The highest BCUT2D eigenvalue weighted by Gasteiger charge is 2.33. The van der Waals surface area contributed by atoms with E-state index in [4.69, 9.17) is 0 Å². The number of alkyl halides is 3. The molecule has 5 nitrogen and oxygen atoms in total. The first kappa shape index (κ1) is 17.7. The third-order valence-electron chi connectivity index (χ3n) is 3.20. The molecule has 0 atom stereocenters. The van der Waals surface area contributed by atoms with Crippen molar-refractivity contribution >= 4 is 17.4 Å². The van der Waals surface area contributed by atoms with Gasteiger partial charge in [-0.05, 0) is 18.6 Å². The Hall–Kier alpha value is -2.64. The molecule has 0 aliphatic rings. The Labute approximate surface area is 137 Å². The van der Waals surface area contributed by atoms with Crippen LogP contribution in [0.25, 0.3) is 0 Å². The molecule has 2 N–H and O–H groups in total. The van der Waals surface area contributed by atoms with Crippen LogP contribution in [-0.4, -0.2) is 22.4 Å². The number of nitrogens with one attached hydrogen (secondary N) is 2. The molecule has 0 bridgehead atoms. The molecule has 0 aliphatic carbocycles. The largest absolute Gasteiger partial charge is 0.418 e. The van der Waals surface area contributed by atoms with Crippen molar-refractivity contribution in [2.24, 2.45) is 0 Å². The van der Waals surface area contributed by atoms with Crippen molar-refractivity contribution in [2.45, 2.75) is 25.9 Å². The maximum atomic E-state index is 12.9. The Balaban J connectivity index is 2.09. The summed E-state index contributed by atoms with van der Waals surface area (Å²) in [6.45, 7) is 2.54. The highest BCUT2D eigenvalue weighted by Crippen LogP contribution is 2.35. The molecule has 8 heteroatoms. The van der Waals surface area contributed by atoms with Gasteiger partial charge in [-0.3, -0.25) is 4.79 Å². The number of rotatable bonds is 6. The van der Waals surface area contributed by atoms with Gasteiger partial charge in [0, 0.05) is 6.54 Å². The lowest BCUT2D eigenvalue weighted by Crippen LogP contribution is -2.25. The summed E-state index contributed by atoms with van der Waals surface area (Å²) >= 11 is 0. The van der Waals surface area contributed by atoms with E-state index in [2.05, 4.69) is 20.6 Å². The molecule has 0 saturated heterocycles. The van der Waals surface area contributed by atoms with Crippen molar-refractivity contribution in [1.29, 1.82) is 0 Å². The first-order valence-corrected chi connectivity index (χ1v) is 7.45. The van der Waals surface area contributed by atoms with Crippen LogP contribution in [0.5, 0.6) is 0 Å². The Morgan fingerprint density at radius 3 is 2.54 bits per heavy atom. The zero-order chi connectivity index (χ0) is 17.6. The molecule has 1 amide bonds. The van der Waals surface area contributed by atoms with Crippen LogP contribution < -0.4 is 10.6 Å². The zero-order valence-electron chi connectivity index (χ0n) is 13.0. The van der Waals surface area contributed by atoms with E-state index >= 15 is 0 Å². The summed E-state index contributed by atoms with van der Waals surface area (Å²) in [7, 11) is 0. The van der Waals surface area contributed by atoms with E-state index in [1.807, 2.05) is 6.92 Å². The number of carbonyl (C=O) groups is 1. The van der Waals surface area contributed by atoms with Crippen LogP contribution in [-0.2, 0) is 6.18 Å². The fourth-order valence-electron chi connectivity index (χ4n) is 1.96. The molecule has 0 saturated carbocycles. The van der Waals surface area contributed by atoms with Gasteiger partial charge in [-0.2, -0.15) is 13.2 Å². The second-order valence-electron chi connectivity index (χ2n) is 5.06. The first-order chi connectivity index (χ1) is 11.4. The first-order valence-electron chi connectivity index (χ1n) is 7.45. The molecule has 0 unspecified atom stereocenters. The number of nitrogens with zero attached hydrogens (tertiary/aromatic N) is 2. The van der Waals surface area contributed by atoms with Crippen molar-refractivity contribution < 1.29 is 18.0 Å². The molecule has 24 heavy (non-hydrogen) atoms. The molecular weight excluding hydrogens is 321 g/mol. The number of amides is 1. The number of carbonyl (C=O) groups excluding carboxylic acids is 1. The van der Waals surface area contributed by atoms with E-state index in [1.54, 1.807) is 0 Å². The highest BCUT2D eigenvalue weighted by molar-refractivity contribution is 5.92. The topological polar surface area (TPSA) is 66.9 Å². The summed E-state index contributed by atoms with van der Waals surface area (Å²) in [6.07, 6.45) is -0.224.